The van der Waals surface area contributed by atoms with Crippen LogP contribution in [0.3, 0.4) is 0 Å². The standard InChI is InChI=1S/C19H33N3O.ClH/c1-21-4-6-22(7-5-21)14-18(23)20-3-2-19-11-15-8-16(12-19)10-17(9-15)13-19;/h15-17H,2-14H2,1H3,(H,20,23);1H. The fourth-order valence-corrected chi connectivity index (χ4v) is 6.33. The maximum atomic E-state index is 12.2. The van der Waals surface area contributed by atoms with Crippen LogP contribution in [-0.2, 0) is 4.79 Å². The number of carbonyl (C=O) groups excluding carboxylic acids is 1. The van der Waals surface area contributed by atoms with E-state index in [2.05, 4.69) is 22.2 Å². The normalized spacial score (nSPS) is 38.8. The van der Waals surface area contributed by atoms with Crippen molar-refractivity contribution >= 4 is 18.3 Å². The predicted octanol–water partition coefficient (Wildman–Crippen LogP) is 2.38. The van der Waals surface area contributed by atoms with Gasteiger partial charge in [0.25, 0.3) is 0 Å². The number of nitrogens with one attached hydrogen (secondary N) is 1. The molecule has 4 aliphatic carbocycles. The van der Waals surface area contributed by atoms with Crippen molar-refractivity contribution in [3.8, 4) is 0 Å². The first-order valence-corrected chi connectivity index (χ1v) is 9.78. The second-order valence-corrected chi connectivity index (χ2v) is 9.10. The van der Waals surface area contributed by atoms with Crippen LogP contribution in [0.25, 0.3) is 0 Å². The summed E-state index contributed by atoms with van der Waals surface area (Å²) in [4.78, 5) is 16.8. The van der Waals surface area contributed by atoms with Gasteiger partial charge in [-0.3, -0.25) is 9.69 Å². The summed E-state index contributed by atoms with van der Waals surface area (Å²) in [7, 11) is 2.16. The van der Waals surface area contributed by atoms with Crippen molar-refractivity contribution in [2.45, 2.75) is 44.9 Å². The minimum Gasteiger partial charge on any atom is -0.355 e. The number of likely N-dealkylation sites (N-methyl/N-ethyl adjacent to an activating group) is 1. The van der Waals surface area contributed by atoms with Gasteiger partial charge in [-0.25, -0.2) is 0 Å². The Labute approximate surface area is 153 Å². The molecule has 5 rings (SSSR count). The molecule has 1 aliphatic heterocycles. The molecule has 4 saturated carbocycles. The van der Waals surface area contributed by atoms with Gasteiger partial charge in [0.2, 0.25) is 5.91 Å². The Morgan fingerprint density at radius 3 is 2.08 bits per heavy atom. The Hall–Kier alpha value is -0.320. The van der Waals surface area contributed by atoms with E-state index in [0.717, 1.165) is 50.5 Å². The minimum absolute atomic E-state index is 0. The molecule has 0 spiro atoms. The lowest BCUT2D eigenvalue weighted by Gasteiger charge is -2.57. The first-order chi connectivity index (χ1) is 11.1. The molecular formula is C19H34ClN3O. The molecule has 1 N–H and O–H groups in total. The molecule has 4 bridgehead atoms. The molecule has 0 aromatic heterocycles. The highest BCUT2D eigenvalue weighted by molar-refractivity contribution is 5.85. The Bertz CT molecular complexity index is 413. The second kappa shape index (κ2) is 7.51. The zero-order valence-electron chi connectivity index (χ0n) is 15.1. The van der Waals surface area contributed by atoms with E-state index in [1.165, 1.54) is 44.9 Å². The minimum atomic E-state index is 0. The number of rotatable bonds is 5. The number of hydrogen-bond donors (Lipinski definition) is 1. The van der Waals surface area contributed by atoms with E-state index in [1.807, 2.05) is 0 Å². The third kappa shape index (κ3) is 4.08. The van der Waals surface area contributed by atoms with Gasteiger partial charge in [-0.15, -0.1) is 12.4 Å². The summed E-state index contributed by atoms with van der Waals surface area (Å²) in [6.07, 6.45) is 10.1. The Kier molecular flexibility index (Phi) is 5.78. The fourth-order valence-electron chi connectivity index (χ4n) is 6.33. The largest absolute Gasteiger partial charge is 0.355 e. The van der Waals surface area contributed by atoms with Gasteiger partial charge < -0.3 is 10.2 Å². The van der Waals surface area contributed by atoms with E-state index in [4.69, 9.17) is 0 Å². The van der Waals surface area contributed by atoms with Crippen LogP contribution in [0.5, 0.6) is 0 Å². The summed E-state index contributed by atoms with van der Waals surface area (Å²) < 4.78 is 0. The van der Waals surface area contributed by atoms with Gasteiger partial charge in [-0.2, -0.15) is 0 Å². The van der Waals surface area contributed by atoms with Gasteiger partial charge in [0, 0.05) is 32.7 Å². The highest BCUT2D eigenvalue weighted by atomic mass is 35.5. The molecule has 5 aliphatic rings. The average molecular weight is 356 g/mol. The van der Waals surface area contributed by atoms with Gasteiger partial charge in [-0.05, 0) is 75.2 Å². The maximum Gasteiger partial charge on any atom is 0.234 e. The molecule has 0 aromatic carbocycles. The average Bonchev–Trinajstić information content (AvgIpc) is 2.48. The van der Waals surface area contributed by atoms with Crippen LogP contribution in [0.4, 0.5) is 0 Å². The molecule has 5 fully saturated rings. The summed E-state index contributed by atoms with van der Waals surface area (Å²) in [5.41, 5.74) is 0.593. The van der Waals surface area contributed by atoms with Crippen LogP contribution in [0.1, 0.15) is 44.9 Å². The third-order valence-corrected chi connectivity index (χ3v) is 7.11. The molecule has 138 valence electrons. The van der Waals surface area contributed by atoms with Crippen molar-refractivity contribution in [3.63, 3.8) is 0 Å². The van der Waals surface area contributed by atoms with Crippen molar-refractivity contribution in [3.05, 3.63) is 0 Å². The maximum absolute atomic E-state index is 12.2. The van der Waals surface area contributed by atoms with E-state index in [0.29, 0.717) is 12.0 Å². The first-order valence-electron chi connectivity index (χ1n) is 9.78. The summed E-state index contributed by atoms with van der Waals surface area (Å²) in [6.45, 7) is 5.71. The fraction of sp³-hybridized carbons (Fsp3) is 0.947. The molecule has 5 heteroatoms. The smallest absolute Gasteiger partial charge is 0.234 e. The van der Waals surface area contributed by atoms with Crippen LogP contribution in [0, 0.1) is 23.2 Å². The Morgan fingerprint density at radius 2 is 1.54 bits per heavy atom. The van der Waals surface area contributed by atoms with Crippen molar-refractivity contribution < 1.29 is 4.79 Å². The topological polar surface area (TPSA) is 35.6 Å². The lowest BCUT2D eigenvalue weighted by molar-refractivity contribution is -0.123. The molecule has 0 radical (unpaired) electrons. The molecule has 4 nitrogen and oxygen atoms in total. The number of halogens is 1. The van der Waals surface area contributed by atoms with Crippen LogP contribution < -0.4 is 5.32 Å². The van der Waals surface area contributed by atoms with E-state index in [1.54, 1.807) is 0 Å². The molecule has 0 unspecified atom stereocenters. The van der Waals surface area contributed by atoms with Crippen molar-refractivity contribution in [1.82, 2.24) is 15.1 Å². The number of carbonyl (C=O) groups is 1. The highest BCUT2D eigenvalue weighted by Crippen LogP contribution is 2.61. The summed E-state index contributed by atoms with van der Waals surface area (Å²) >= 11 is 0. The zero-order chi connectivity index (χ0) is 15.9. The van der Waals surface area contributed by atoms with Crippen LogP contribution in [-0.4, -0.2) is 62.0 Å². The van der Waals surface area contributed by atoms with E-state index < -0.39 is 0 Å². The molecule has 0 atom stereocenters. The van der Waals surface area contributed by atoms with Crippen LogP contribution >= 0.6 is 12.4 Å². The van der Waals surface area contributed by atoms with E-state index in [9.17, 15) is 4.79 Å². The quantitative estimate of drug-likeness (QED) is 0.822. The van der Waals surface area contributed by atoms with Gasteiger partial charge >= 0.3 is 0 Å². The summed E-state index contributed by atoms with van der Waals surface area (Å²) in [5, 5.41) is 3.22. The molecular weight excluding hydrogens is 322 g/mol. The Morgan fingerprint density at radius 1 is 1.00 bits per heavy atom. The van der Waals surface area contributed by atoms with Gasteiger partial charge in [-0.1, -0.05) is 0 Å². The SMILES string of the molecule is CN1CCN(CC(=O)NCCC23CC4CC(CC(C4)C2)C3)CC1.Cl. The molecule has 1 saturated heterocycles. The van der Waals surface area contributed by atoms with Crippen molar-refractivity contribution in [1.29, 1.82) is 0 Å². The molecule has 24 heavy (non-hydrogen) atoms. The van der Waals surface area contributed by atoms with Crippen molar-refractivity contribution in [2.24, 2.45) is 23.2 Å². The highest BCUT2D eigenvalue weighted by Gasteiger charge is 2.50. The number of nitrogens with zero attached hydrogens (tertiary/aromatic N) is 2. The van der Waals surface area contributed by atoms with Gasteiger partial charge in [0.15, 0.2) is 0 Å². The van der Waals surface area contributed by atoms with E-state index in [-0.39, 0.29) is 18.3 Å². The summed E-state index contributed by atoms with van der Waals surface area (Å²) in [6, 6.07) is 0. The van der Waals surface area contributed by atoms with Crippen LogP contribution in [0.15, 0.2) is 0 Å². The lowest BCUT2D eigenvalue weighted by atomic mass is 9.49. The monoisotopic (exact) mass is 355 g/mol. The third-order valence-electron chi connectivity index (χ3n) is 7.11. The lowest BCUT2D eigenvalue weighted by Crippen LogP contribution is -2.49. The van der Waals surface area contributed by atoms with Gasteiger partial charge in [0.05, 0.1) is 6.54 Å². The Balaban J connectivity index is 0.00000169. The first kappa shape index (κ1) is 18.5. The number of amides is 1. The number of hydrogen-bond acceptors (Lipinski definition) is 3. The van der Waals surface area contributed by atoms with Crippen LogP contribution in [0.2, 0.25) is 0 Å². The second-order valence-electron chi connectivity index (χ2n) is 9.10. The van der Waals surface area contributed by atoms with E-state index >= 15 is 0 Å². The van der Waals surface area contributed by atoms with Gasteiger partial charge in [0.1, 0.15) is 0 Å². The number of piperazine rings is 1. The zero-order valence-corrected chi connectivity index (χ0v) is 16.0. The van der Waals surface area contributed by atoms with Crippen molar-refractivity contribution in [2.75, 3.05) is 46.3 Å². The predicted molar refractivity (Wildman–Crippen MR) is 99.4 cm³/mol. The molecule has 0 aromatic rings. The molecule has 1 heterocycles. The summed E-state index contributed by atoms with van der Waals surface area (Å²) in [5.74, 6) is 3.28. The molecule has 1 amide bonds.